The van der Waals surface area contributed by atoms with E-state index in [0.29, 0.717) is 40.5 Å². The number of hydrogen-bond donors (Lipinski definition) is 0. The van der Waals surface area contributed by atoms with Crippen LogP contribution in [0.25, 0.3) is 0 Å². The van der Waals surface area contributed by atoms with Gasteiger partial charge in [0.2, 0.25) is 11.8 Å². The van der Waals surface area contributed by atoms with E-state index in [2.05, 4.69) is 10.2 Å². The first-order valence-corrected chi connectivity index (χ1v) is 8.79. The maximum atomic E-state index is 12.6. The van der Waals surface area contributed by atoms with Crippen molar-refractivity contribution in [2.75, 3.05) is 13.1 Å². The molecule has 1 aromatic carbocycles. The second-order valence-electron chi connectivity index (χ2n) is 6.32. The molecule has 24 heavy (non-hydrogen) atoms. The van der Waals surface area contributed by atoms with Crippen molar-refractivity contribution in [3.8, 4) is 0 Å². The van der Waals surface area contributed by atoms with Crippen molar-refractivity contribution in [2.45, 2.75) is 38.5 Å². The fraction of sp³-hybridized carbons (Fsp3) is 0.471. The Balaban J connectivity index is 1.64. The van der Waals surface area contributed by atoms with Crippen molar-refractivity contribution in [2.24, 2.45) is 0 Å². The fourth-order valence-electron chi connectivity index (χ4n) is 2.81. The van der Waals surface area contributed by atoms with Crippen LogP contribution in [0.3, 0.4) is 0 Å². The number of piperidine rings is 1. The Morgan fingerprint density at radius 3 is 2.54 bits per heavy atom. The van der Waals surface area contributed by atoms with E-state index in [1.807, 2.05) is 18.7 Å². The third-order valence-electron chi connectivity index (χ3n) is 4.24. The molecule has 0 bridgehead atoms. The molecule has 1 amide bonds. The monoisotopic (exact) mass is 367 g/mol. The minimum atomic E-state index is -0.0662. The van der Waals surface area contributed by atoms with Gasteiger partial charge in [0.25, 0.3) is 5.91 Å². The summed E-state index contributed by atoms with van der Waals surface area (Å²) < 4.78 is 5.74. The van der Waals surface area contributed by atoms with Crippen molar-refractivity contribution in [3.05, 3.63) is 45.6 Å². The van der Waals surface area contributed by atoms with Crippen LogP contribution in [-0.2, 0) is 0 Å². The molecule has 1 aromatic heterocycles. The molecule has 7 heteroatoms. The minimum absolute atomic E-state index is 0.0662. The molecule has 0 N–H and O–H groups in total. The van der Waals surface area contributed by atoms with Gasteiger partial charge in [0.05, 0.1) is 10.6 Å². The maximum absolute atomic E-state index is 12.6. The van der Waals surface area contributed by atoms with Gasteiger partial charge in [0.15, 0.2) is 0 Å². The number of rotatable bonds is 3. The summed E-state index contributed by atoms with van der Waals surface area (Å²) >= 11 is 12.0. The first-order chi connectivity index (χ1) is 11.5. The summed E-state index contributed by atoms with van der Waals surface area (Å²) in [5, 5.41) is 9.15. The van der Waals surface area contributed by atoms with Gasteiger partial charge in [-0.3, -0.25) is 4.79 Å². The normalized spacial score (nSPS) is 16.0. The second-order valence-corrected chi connectivity index (χ2v) is 7.17. The van der Waals surface area contributed by atoms with Gasteiger partial charge in [0.1, 0.15) is 0 Å². The number of nitrogens with zero attached hydrogens (tertiary/aromatic N) is 3. The minimum Gasteiger partial charge on any atom is -0.425 e. The fourth-order valence-corrected chi connectivity index (χ4v) is 3.30. The highest BCUT2D eigenvalue weighted by molar-refractivity contribution is 6.36. The van der Waals surface area contributed by atoms with Crippen LogP contribution in [0.5, 0.6) is 0 Å². The second kappa shape index (κ2) is 7.11. The van der Waals surface area contributed by atoms with Gasteiger partial charge < -0.3 is 9.32 Å². The number of carbonyl (C=O) groups excluding carboxylic acids is 1. The van der Waals surface area contributed by atoms with Crippen molar-refractivity contribution in [1.29, 1.82) is 0 Å². The van der Waals surface area contributed by atoms with Crippen molar-refractivity contribution in [1.82, 2.24) is 15.1 Å². The molecular weight excluding hydrogens is 349 g/mol. The molecular formula is C17H19Cl2N3O2. The predicted molar refractivity (Wildman–Crippen MR) is 92.7 cm³/mol. The number of benzene rings is 1. The zero-order valence-corrected chi connectivity index (χ0v) is 15.1. The van der Waals surface area contributed by atoms with Crippen LogP contribution in [0.15, 0.2) is 22.6 Å². The summed E-state index contributed by atoms with van der Waals surface area (Å²) in [6.07, 6.45) is 1.60. The SMILES string of the molecule is CC(C)c1nnc(C2CCN(C(=O)c3ccc(Cl)cc3Cl)CC2)o1. The molecule has 0 aliphatic carbocycles. The zero-order valence-electron chi connectivity index (χ0n) is 13.6. The van der Waals surface area contributed by atoms with E-state index in [1.165, 1.54) is 0 Å². The van der Waals surface area contributed by atoms with Gasteiger partial charge in [-0.05, 0) is 31.0 Å². The molecule has 0 atom stereocenters. The number of hydrogen-bond acceptors (Lipinski definition) is 4. The largest absolute Gasteiger partial charge is 0.425 e. The number of carbonyl (C=O) groups is 1. The first kappa shape index (κ1) is 17.2. The quantitative estimate of drug-likeness (QED) is 0.799. The summed E-state index contributed by atoms with van der Waals surface area (Å²) in [6.45, 7) is 5.33. The van der Waals surface area contributed by atoms with Gasteiger partial charge in [-0.1, -0.05) is 37.0 Å². The van der Waals surface area contributed by atoms with E-state index in [-0.39, 0.29) is 17.7 Å². The lowest BCUT2D eigenvalue weighted by Crippen LogP contribution is -2.38. The standard InChI is InChI=1S/C17H19Cl2N3O2/c1-10(2)15-20-21-16(24-15)11-5-7-22(8-6-11)17(23)13-4-3-12(18)9-14(13)19/h3-4,9-11H,5-8H2,1-2H3. The highest BCUT2D eigenvalue weighted by Crippen LogP contribution is 2.30. The van der Waals surface area contributed by atoms with Crippen LogP contribution in [-0.4, -0.2) is 34.1 Å². The van der Waals surface area contributed by atoms with E-state index in [0.717, 1.165) is 12.8 Å². The molecule has 1 aliphatic heterocycles. The molecule has 5 nitrogen and oxygen atoms in total. The Morgan fingerprint density at radius 1 is 1.25 bits per heavy atom. The summed E-state index contributed by atoms with van der Waals surface area (Å²) in [5.74, 6) is 1.70. The lowest BCUT2D eigenvalue weighted by atomic mass is 9.96. The lowest BCUT2D eigenvalue weighted by Gasteiger charge is -2.30. The first-order valence-electron chi connectivity index (χ1n) is 8.03. The summed E-state index contributed by atoms with van der Waals surface area (Å²) in [4.78, 5) is 14.4. The van der Waals surface area contributed by atoms with Crippen LogP contribution in [0.4, 0.5) is 0 Å². The van der Waals surface area contributed by atoms with Crippen LogP contribution in [0, 0.1) is 0 Å². The Labute approximate surface area is 150 Å². The van der Waals surface area contributed by atoms with Crippen LogP contribution in [0.1, 0.15) is 60.7 Å². The third kappa shape index (κ3) is 3.57. The summed E-state index contributed by atoms with van der Waals surface area (Å²) in [6, 6.07) is 4.94. The molecule has 1 saturated heterocycles. The van der Waals surface area contributed by atoms with E-state index in [4.69, 9.17) is 27.6 Å². The van der Waals surface area contributed by atoms with E-state index in [9.17, 15) is 4.79 Å². The zero-order chi connectivity index (χ0) is 17.3. The molecule has 1 aliphatic rings. The van der Waals surface area contributed by atoms with E-state index < -0.39 is 0 Å². The van der Waals surface area contributed by atoms with E-state index in [1.54, 1.807) is 18.2 Å². The number of amides is 1. The molecule has 0 spiro atoms. The molecule has 0 unspecified atom stereocenters. The molecule has 128 valence electrons. The molecule has 0 saturated carbocycles. The molecule has 2 aromatic rings. The van der Waals surface area contributed by atoms with Crippen LogP contribution >= 0.6 is 23.2 Å². The van der Waals surface area contributed by atoms with Gasteiger partial charge >= 0.3 is 0 Å². The van der Waals surface area contributed by atoms with Crippen LogP contribution < -0.4 is 0 Å². The Morgan fingerprint density at radius 2 is 1.96 bits per heavy atom. The van der Waals surface area contributed by atoms with Gasteiger partial charge in [-0.15, -0.1) is 10.2 Å². The smallest absolute Gasteiger partial charge is 0.255 e. The van der Waals surface area contributed by atoms with Crippen LogP contribution in [0.2, 0.25) is 10.0 Å². The highest BCUT2D eigenvalue weighted by Gasteiger charge is 2.28. The topological polar surface area (TPSA) is 59.2 Å². The van der Waals surface area contributed by atoms with E-state index >= 15 is 0 Å². The lowest BCUT2D eigenvalue weighted by molar-refractivity contribution is 0.0706. The average molecular weight is 368 g/mol. The summed E-state index contributed by atoms with van der Waals surface area (Å²) in [5.41, 5.74) is 0.486. The Hall–Kier alpha value is -1.59. The number of aromatic nitrogens is 2. The predicted octanol–water partition coefficient (Wildman–Crippen LogP) is 4.52. The van der Waals surface area contributed by atoms with Crippen molar-refractivity contribution in [3.63, 3.8) is 0 Å². The Bertz CT molecular complexity index is 737. The van der Waals surface area contributed by atoms with Crippen molar-refractivity contribution < 1.29 is 9.21 Å². The molecule has 3 rings (SSSR count). The third-order valence-corrected chi connectivity index (χ3v) is 4.79. The Kier molecular flexibility index (Phi) is 5.11. The van der Waals surface area contributed by atoms with Crippen molar-refractivity contribution >= 4 is 29.1 Å². The van der Waals surface area contributed by atoms with Gasteiger partial charge in [0, 0.05) is 29.9 Å². The van der Waals surface area contributed by atoms with Gasteiger partial charge in [-0.25, -0.2) is 0 Å². The number of halogens is 2. The molecule has 0 radical (unpaired) electrons. The maximum Gasteiger partial charge on any atom is 0.255 e. The summed E-state index contributed by atoms with van der Waals surface area (Å²) in [7, 11) is 0. The number of likely N-dealkylation sites (tertiary alicyclic amines) is 1. The highest BCUT2D eigenvalue weighted by atomic mass is 35.5. The average Bonchev–Trinajstić information content (AvgIpc) is 3.05. The molecule has 1 fully saturated rings. The molecule has 2 heterocycles. The van der Waals surface area contributed by atoms with Gasteiger partial charge in [-0.2, -0.15) is 0 Å².